The molecule has 1 aromatic heterocycles. The molecule has 1 N–H and O–H groups in total. The lowest BCUT2D eigenvalue weighted by atomic mass is 9.89. The Balaban J connectivity index is 1.75. The van der Waals surface area contributed by atoms with Gasteiger partial charge in [0.15, 0.2) is 0 Å². The Kier molecular flexibility index (Phi) is 7.90. The first-order chi connectivity index (χ1) is 12.8. The second-order valence-electron chi connectivity index (χ2n) is 8.20. The molecule has 1 heterocycles. The number of nitrogens with zero attached hydrogens (tertiary/aromatic N) is 1. The van der Waals surface area contributed by atoms with Gasteiger partial charge in [-0.1, -0.05) is 20.8 Å². The van der Waals surface area contributed by atoms with E-state index in [1.807, 2.05) is 20.8 Å². The van der Waals surface area contributed by atoms with Gasteiger partial charge in [-0.05, 0) is 44.6 Å². The number of amides is 2. The van der Waals surface area contributed by atoms with Gasteiger partial charge in [-0.15, -0.1) is 0 Å². The maximum Gasteiger partial charge on any atom is 0.257 e. The number of carbonyl (C=O) groups is 2. The third kappa shape index (κ3) is 6.38. The van der Waals surface area contributed by atoms with Crippen LogP contribution in [0.5, 0.6) is 0 Å². The van der Waals surface area contributed by atoms with Gasteiger partial charge in [0.2, 0.25) is 5.91 Å². The fourth-order valence-electron chi connectivity index (χ4n) is 3.60. The van der Waals surface area contributed by atoms with Crippen LogP contribution < -0.4 is 5.32 Å². The fourth-order valence-corrected chi connectivity index (χ4v) is 3.60. The van der Waals surface area contributed by atoms with Crippen LogP contribution in [0.4, 0.5) is 0 Å². The lowest BCUT2D eigenvalue weighted by molar-refractivity contribution is -0.129. The molecule has 2 rings (SSSR count). The normalized spacial score (nSPS) is 21.1. The predicted molar refractivity (Wildman–Crippen MR) is 105 cm³/mol. The standard InChI is InChI=1S/C21H34N2O4/c1-14(2)20-18(10-11-26-20)21(25)23(5)12-16(4)22-19(24)13-27-17-8-6-15(3)7-9-17/h10-11,14-17H,6-9,12-13H2,1-5H3,(H,22,24). The molecule has 6 nitrogen and oxygen atoms in total. The molecule has 1 atom stereocenters. The van der Waals surface area contributed by atoms with Gasteiger partial charge in [-0.25, -0.2) is 0 Å². The largest absolute Gasteiger partial charge is 0.468 e. The van der Waals surface area contributed by atoms with Crippen LogP contribution in [0.1, 0.15) is 75.4 Å². The van der Waals surface area contributed by atoms with Gasteiger partial charge in [-0.3, -0.25) is 9.59 Å². The number of hydrogen-bond donors (Lipinski definition) is 1. The predicted octanol–water partition coefficient (Wildman–Crippen LogP) is 3.58. The summed E-state index contributed by atoms with van der Waals surface area (Å²) in [4.78, 5) is 26.4. The zero-order valence-corrected chi connectivity index (χ0v) is 17.3. The Morgan fingerprint density at radius 1 is 1.26 bits per heavy atom. The molecule has 0 spiro atoms. The average molecular weight is 379 g/mol. The van der Waals surface area contributed by atoms with Crippen LogP contribution in [-0.4, -0.2) is 49.1 Å². The first kappa shape index (κ1) is 21.5. The molecule has 0 aromatic carbocycles. The lowest BCUT2D eigenvalue weighted by Gasteiger charge is -2.26. The molecule has 27 heavy (non-hydrogen) atoms. The maximum atomic E-state index is 12.6. The summed E-state index contributed by atoms with van der Waals surface area (Å²) in [6, 6.07) is 1.55. The zero-order valence-electron chi connectivity index (χ0n) is 17.3. The zero-order chi connectivity index (χ0) is 20.0. The molecule has 1 saturated carbocycles. The minimum atomic E-state index is -0.157. The maximum absolute atomic E-state index is 12.6. The first-order valence-corrected chi connectivity index (χ1v) is 10.0. The molecule has 1 fully saturated rings. The molecule has 0 bridgehead atoms. The van der Waals surface area contributed by atoms with Crippen molar-refractivity contribution in [1.82, 2.24) is 10.2 Å². The monoisotopic (exact) mass is 378 g/mol. The van der Waals surface area contributed by atoms with Gasteiger partial charge in [0.25, 0.3) is 5.91 Å². The van der Waals surface area contributed by atoms with E-state index in [1.165, 1.54) is 12.8 Å². The van der Waals surface area contributed by atoms with Crippen molar-refractivity contribution < 1.29 is 18.7 Å². The van der Waals surface area contributed by atoms with Crippen molar-refractivity contribution in [1.29, 1.82) is 0 Å². The van der Waals surface area contributed by atoms with Crippen molar-refractivity contribution >= 4 is 11.8 Å². The van der Waals surface area contributed by atoms with Crippen molar-refractivity contribution in [3.8, 4) is 0 Å². The number of carbonyl (C=O) groups excluding carboxylic acids is 2. The van der Waals surface area contributed by atoms with Crippen LogP contribution in [-0.2, 0) is 9.53 Å². The van der Waals surface area contributed by atoms with Crippen molar-refractivity contribution in [3.05, 3.63) is 23.7 Å². The molecule has 1 aliphatic rings. The molecule has 0 radical (unpaired) electrons. The molecule has 2 amide bonds. The molecule has 152 valence electrons. The second-order valence-corrected chi connectivity index (χ2v) is 8.20. The molecular formula is C21H34N2O4. The van der Waals surface area contributed by atoms with Crippen LogP contribution in [0, 0.1) is 5.92 Å². The van der Waals surface area contributed by atoms with E-state index >= 15 is 0 Å². The van der Waals surface area contributed by atoms with E-state index < -0.39 is 0 Å². The SMILES string of the molecule is CC1CCC(OCC(=O)NC(C)CN(C)C(=O)c2ccoc2C(C)C)CC1. The van der Waals surface area contributed by atoms with E-state index in [1.54, 1.807) is 24.3 Å². The van der Waals surface area contributed by atoms with Crippen LogP contribution in [0.3, 0.4) is 0 Å². The summed E-state index contributed by atoms with van der Waals surface area (Å²) < 4.78 is 11.2. The van der Waals surface area contributed by atoms with Gasteiger partial charge in [0.05, 0.1) is 17.9 Å². The third-order valence-electron chi connectivity index (χ3n) is 5.16. The number of nitrogens with one attached hydrogen (secondary N) is 1. The topological polar surface area (TPSA) is 71.8 Å². The Morgan fingerprint density at radius 2 is 1.93 bits per heavy atom. The van der Waals surface area contributed by atoms with Crippen molar-refractivity contribution in [2.24, 2.45) is 5.92 Å². The van der Waals surface area contributed by atoms with Gasteiger partial charge in [0, 0.05) is 25.6 Å². The van der Waals surface area contributed by atoms with Crippen molar-refractivity contribution in [2.45, 2.75) is 71.4 Å². The quantitative estimate of drug-likeness (QED) is 0.750. The van der Waals surface area contributed by atoms with E-state index in [9.17, 15) is 9.59 Å². The summed E-state index contributed by atoms with van der Waals surface area (Å²) in [6.07, 6.45) is 6.14. The fraction of sp³-hybridized carbons (Fsp3) is 0.714. The summed E-state index contributed by atoms with van der Waals surface area (Å²) >= 11 is 0. The highest BCUT2D eigenvalue weighted by atomic mass is 16.5. The highest BCUT2D eigenvalue weighted by Crippen LogP contribution is 2.25. The number of furan rings is 1. The summed E-state index contributed by atoms with van der Waals surface area (Å²) in [5, 5.41) is 2.92. The summed E-state index contributed by atoms with van der Waals surface area (Å²) in [7, 11) is 1.74. The lowest BCUT2D eigenvalue weighted by Crippen LogP contribution is -2.44. The second kappa shape index (κ2) is 9.93. The van der Waals surface area contributed by atoms with E-state index in [0.29, 0.717) is 17.9 Å². The molecule has 1 aromatic rings. The Morgan fingerprint density at radius 3 is 2.56 bits per heavy atom. The van der Waals surface area contributed by atoms with E-state index in [0.717, 1.165) is 18.8 Å². The molecule has 1 aliphatic carbocycles. The van der Waals surface area contributed by atoms with E-state index in [2.05, 4.69) is 12.2 Å². The third-order valence-corrected chi connectivity index (χ3v) is 5.16. The number of ether oxygens (including phenoxy) is 1. The highest BCUT2D eigenvalue weighted by Gasteiger charge is 2.23. The van der Waals surface area contributed by atoms with Crippen LogP contribution in [0.15, 0.2) is 16.7 Å². The summed E-state index contributed by atoms with van der Waals surface area (Å²) in [5.74, 6) is 1.37. The Bertz CT molecular complexity index is 617. The molecule has 6 heteroatoms. The highest BCUT2D eigenvalue weighted by molar-refractivity contribution is 5.95. The smallest absolute Gasteiger partial charge is 0.257 e. The summed E-state index contributed by atoms with van der Waals surface area (Å²) in [5.41, 5.74) is 0.584. The van der Waals surface area contributed by atoms with E-state index in [4.69, 9.17) is 9.15 Å². The van der Waals surface area contributed by atoms with Gasteiger partial charge < -0.3 is 19.4 Å². The van der Waals surface area contributed by atoms with Gasteiger partial charge in [0.1, 0.15) is 12.4 Å². The Hall–Kier alpha value is -1.82. The van der Waals surface area contributed by atoms with Crippen LogP contribution >= 0.6 is 0 Å². The van der Waals surface area contributed by atoms with Gasteiger partial charge >= 0.3 is 0 Å². The number of rotatable bonds is 8. The molecule has 0 aliphatic heterocycles. The number of likely N-dealkylation sites (N-methyl/N-ethyl adjacent to an activating group) is 1. The minimum absolute atomic E-state index is 0.0836. The minimum Gasteiger partial charge on any atom is -0.468 e. The first-order valence-electron chi connectivity index (χ1n) is 10.0. The van der Waals surface area contributed by atoms with Crippen LogP contribution in [0.25, 0.3) is 0 Å². The van der Waals surface area contributed by atoms with Crippen molar-refractivity contribution in [3.63, 3.8) is 0 Å². The molecular weight excluding hydrogens is 344 g/mol. The Labute approximate surface area is 162 Å². The van der Waals surface area contributed by atoms with Crippen LogP contribution in [0.2, 0.25) is 0 Å². The van der Waals surface area contributed by atoms with Crippen molar-refractivity contribution in [2.75, 3.05) is 20.2 Å². The molecule has 1 unspecified atom stereocenters. The molecule has 0 saturated heterocycles. The average Bonchev–Trinajstić information content (AvgIpc) is 3.10. The van der Waals surface area contributed by atoms with Gasteiger partial charge in [-0.2, -0.15) is 0 Å². The number of hydrogen-bond acceptors (Lipinski definition) is 4. The summed E-state index contributed by atoms with van der Waals surface area (Å²) in [6.45, 7) is 8.64. The van der Waals surface area contributed by atoms with E-state index in [-0.39, 0.29) is 36.5 Å².